The average Bonchev–Trinajstić information content (AvgIpc) is 3.03. The van der Waals surface area contributed by atoms with Gasteiger partial charge in [0.2, 0.25) is 11.8 Å². The van der Waals surface area contributed by atoms with Crippen molar-refractivity contribution in [3.63, 3.8) is 0 Å². The second kappa shape index (κ2) is 8.51. The number of amides is 2. The molecule has 0 bridgehead atoms. The van der Waals surface area contributed by atoms with Crippen molar-refractivity contribution in [1.82, 2.24) is 10.2 Å². The number of hydrogen-bond donors (Lipinski definition) is 2. The molecule has 0 spiro atoms. The number of nitrogens with one attached hydrogen (secondary N) is 1. The molecule has 3 rings (SSSR count). The summed E-state index contributed by atoms with van der Waals surface area (Å²) in [6, 6.07) is 5.64. The van der Waals surface area contributed by atoms with Gasteiger partial charge in [-0.15, -0.1) is 12.4 Å². The third kappa shape index (κ3) is 5.16. The highest BCUT2D eigenvalue weighted by molar-refractivity contribution is 5.88. The average molecular weight is 394 g/mol. The number of rotatable bonds is 3. The lowest BCUT2D eigenvalue weighted by atomic mass is 9.87. The van der Waals surface area contributed by atoms with E-state index in [1.54, 1.807) is 4.90 Å². The number of aryl methyl sites for hydroxylation is 1. The first-order chi connectivity index (χ1) is 12.2. The normalized spacial score (nSPS) is 22.0. The lowest BCUT2D eigenvalue weighted by Crippen LogP contribution is -2.47. The van der Waals surface area contributed by atoms with Gasteiger partial charge < -0.3 is 16.0 Å². The van der Waals surface area contributed by atoms with E-state index in [0.717, 1.165) is 37.8 Å². The number of nitrogen functional groups attached to an aromatic ring is 1. The number of halogens is 1. The van der Waals surface area contributed by atoms with Gasteiger partial charge in [-0.3, -0.25) is 9.59 Å². The molecule has 0 aromatic heterocycles. The van der Waals surface area contributed by atoms with Crippen LogP contribution in [0.15, 0.2) is 18.2 Å². The van der Waals surface area contributed by atoms with Crippen molar-refractivity contribution in [3.05, 3.63) is 29.3 Å². The number of nitrogens with two attached hydrogens (primary N) is 1. The molecule has 5 nitrogen and oxygen atoms in total. The van der Waals surface area contributed by atoms with Crippen LogP contribution in [0.3, 0.4) is 0 Å². The first kappa shape index (κ1) is 21.5. The monoisotopic (exact) mass is 393 g/mol. The molecule has 1 aliphatic heterocycles. The molecule has 1 heterocycles. The van der Waals surface area contributed by atoms with Crippen LogP contribution < -0.4 is 11.1 Å². The van der Waals surface area contributed by atoms with E-state index in [-0.39, 0.29) is 41.7 Å². The Balaban J connectivity index is 0.00000261. The highest BCUT2D eigenvalue weighted by atomic mass is 35.5. The molecule has 2 amide bonds. The quantitative estimate of drug-likeness (QED) is 0.770. The number of benzene rings is 1. The maximum Gasteiger partial charge on any atom is 0.243 e. The van der Waals surface area contributed by atoms with Gasteiger partial charge in [-0.2, -0.15) is 0 Å². The molecule has 150 valence electrons. The Kier molecular flexibility index (Phi) is 6.79. The third-order valence-electron chi connectivity index (χ3n) is 5.36. The summed E-state index contributed by atoms with van der Waals surface area (Å²) in [5.41, 5.74) is 9.00. The second-order valence-corrected chi connectivity index (χ2v) is 8.89. The van der Waals surface area contributed by atoms with E-state index in [2.05, 4.69) is 26.1 Å². The molecule has 1 fully saturated rings. The smallest absolute Gasteiger partial charge is 0.243 e. The zero-order chi connectivity index (χ0) is 18.9. The van der Waals surface area contributed by atoms with E-state index in [1.807, 2.05) is 18.2 Å². The Morgan fingerprint density at radius 1 is 1.22 bits per heavy atom. The topological polar surface area (TPSA) is 75.4 Å². The van der Waals surface area contributed by atoms with Crippen LogP contribution in [0.4, 0.5) is 5.69 Å². The van der Waals surface area contributed by atoms with E-state index < -0.39 is 0 Å². The van der Waals surface area contributed by atoms with Crippen molar-refractivity contribution in [2.75, 3.05) is 12.3 Å². The van der Waals surface area contributed by atoms with Gasteiger partial charge in [-0.05, 0) is 60.8 Å². The van der Waals surface area contributed by atoms with E-state index in [0.29, 0.717) is 13.0 Å². The van der Waals surface area contributed by atoms with Crippen LogP contribution in [0.1, 0.15) is 70.0 Å². The van der Waals surface area contributed by atoms with Crippen molar-refractivity contribution < 1.29 is 9.59 Å². The predicted molar refractivity (Wildman–Crippen MR) is 111 cm³/mol. The van der Waals surface area contributed by atoms with Crippen LogP contribution in [0.2, 0.25) is 0 Å². The summed E-state index contributed by atoms with van der Waals surface area (Å²) in [7, 11) is 0. The molecule has 1 aromatic carbocycles. The SMILES string of the molecule is CC(C)(C)CC(=O)N1CCCC1C(=O)NC1CCCc2cc(N)ccc21.Cl. The lowest BCUT2D eigenvalue weighted by molar-refractivity contribution is -0.140. The number of likely N-dealkylation sites (tertiary alicyclic amines) is 1. The van der Waals surface area contributed by atoms with E-state index >= 15 is 0 Å². The van der Waals surface area contributed by atoms with Crippen LogP contribution in [-0.2, 0) is 16.0 Å². The minimum Gasteiger partial charge on any atom is -0.399 e. The van der Waals surface area contributed by atoms with Crippen LogP contribution in [0.5, 0.6) is 0 Å². The fraction of sp³-hybridized carbons (Fsp3) is 0.619. The summed E-state index contributed by atoms with van der Waals surface area (Å²) < 4.78 is 0. The Hall–Kier alpha value is -1.75. The first-order valence-corrected chi connectivity index (χ1v) is 9.73. The summed E-state index contributed by atoms with van der Waals surface area (Å²) >= 11 is 0. The molecule has 1 saturated heterocycles. The van der Waals surface area contributed by atoms with Gasteiger partial charge in [0.15, 0.2) is 0 Å². The molecule has 0 radical (unpaired) electrons. The Morgan fingerprint density at radius 3 is 2.67 bits per heavy atom. The molecular weight excluding hydrogens is 362 g/mol. The van der Waals surface area contributed by atoms with Crippen molar-refractivity contribution >= 4 is 29.9 Å². The van der Waals surface area contributed by atoms with Gasteiger partial charge in [0, 0.05) is 18.7 Å². The summed E-state index contributed by atoms with van der Waals surface area (Å²) in [6.45, 7) is 6.85. The zero-order valence-electron chi connectivity index (χ0n) is 16.6. The van der Waals surface area contributed by atoms with Crippen LogP contribution in [0.25, 0.3) is 0 Å². The van der Waals surface area contributed by atoms with Crippen LogP contribution >= 0.6 is 12.4 Å². The minimum absolute atomic E-state index is 0. The maximum absolute atomic E-state index is 12.9. The third-order valence-corrected chi connectivity index (χ3v) is 5.36. The second-order valence-electron chi connectivity index (χ2n) is 8.89. The number of fused-ring (bicyclic) bond motifs is 1. The standard InChI is InChI=1S/C21H31N3O2.ClH/c1-21(2,3)13-19(25)24-11-5-8-18(24)20(26)23-17-7-4-6-14-12-15(22)9-10-16(14)17;/h9-10,12,17-18H,4-8,11,13,22H2,1-3H3,(H,23,26);1H. The van der Waals surface area contributed by atoms with Gasteiger partial charge in [0.1, 0.15) is 6.04 Å². The molecule has 1 aromatic rings. The zero-order valence-corrected chi connectivity index (χ0v) is 17.4. The first-order valence-electron chi connectivity index (χ1n) is 9.73. The number of carbonyl (C=O) groups excluding carboxylic acids is 2. The molecule has 0 saturated carbocycles. The fourth-order valence-corrected chi connectivity index (χ4v) is 4.15. The van der Waals surface area contributed by atoms with Gasteiger partial charge in [0.25, 0.3) is 0 Å². The van der Waals surface area contributed by atoms with E-state index in [9.17, 15) is 9.59 Å². The van der Waals surface area contributed by atoms with E-state index in [1.165, 1.54) is 11.1 Å². The van der Waals surface area contributed by atoms with Gasteiger partial charge in [-0.25, -0.2) is 0 Å². The molecule has 2 aliphatic rings. The van der Waals surface area contributed by atoms with E-state index in [4.69, 9.17) is 5.73 Å². The van der Waals surface area contributed by atoms with Crippen molar-refractivity contribution in [3.8, 4) is 0 Å². The Bertz CT molecular complexity index is 699. The van der Waals surface area contributed by atoms with Crippen molar-refractivity contribution in [2.24, 2.45) is 5.41 Å². The van der Waals surface area contributed by atoms with Gasteiger partial charge in [0.05, 0.1) is 6.04 Å². The minimum atomic E-state index is -0.330. The molecule has 27 heavy (non-hydrogen) atoms. The number of hydrogen-bond acceptors (Lipinski definition) is 3. The Morgan fingerprint density at radius 2 is 1.96 bits per heavy atom. The van der Waals surface area contributed by atoms with Gasteiger partial charge >= 0.3 is 0 Å². The fourth-order valence-electron chi connectivity index (χ4n) is 4.15. The lowest BCUT2D eigenvalue weighted by Gasteiger charge is -2.31. The maximum atomic E-state index is 12.9. The summed E-state index contributed by atoms with van der Waals surface area (Å²) in [5.74, 6) is 0.0754. The number of nitrogens with zero attached hydrogens (tertiary/aromatic N) is 1. The number of carbonyl (C=O) groups is 2. The summed E-state index contributed by atoms with van der Waals surface area (Å²) in [4.78, 5) is 27.4. The highest BCUT2D eigenvalue weighted by Gasteiger charge is 2.36. The number of anilines is 1. The summed E-state index contributed by atoms with van der Waals surface area (Å²) in [6.07, 6.45) is 5.10. The van der Waals surface area contributed by atoms with Crippen LogP contribution in [-0.4, -0.2) is 29.3 Å². The summed E-state index contributed by atoms with van der Waals surface area (Å²) in [5, 5.41) is 3.21. The molecule has 2 atom stereocenters. The van der Waals surface area contributed by atoms with Crippen molar-refractivity contribution in [1.29, 1.82) is 0 Å². The Labute approximate surface area is 168 Å². The van der Waals surface area contributed by atoms with Gasteiger partial charge in [-0.1, -0.05) is 26.8 Å². The molecule has 6 heteroatoms. The van der Waals surface area contributed by atoms with Crippen molar-refractivity contribution in [2.45, 2.75) is 71.4 Å². The predicted octanol–water partition coefficient (Wildman–Crippen LogP) is 3.61. The van der Waals surface area contributed by atoms with Crippen LogP contribution in [0, 0.1) is 5.41 Å². The largest absolute Gasteiger partial charge is 0.399 e. The molecular formula is C21H32ClN3O2. The molecule has 2 unspecified atom stereocenters. The highest BCUT2D eigenvalue weighted by Crippen LogP contribution is 2.32. The molecule has 1 aliphatic carbocycles. The molecule has 3 N–H and O–H groups in total.